The molecule has 16 heavy (non-hydrogen) atoms. The van der Waals surface area contributed by atoms with Gasteiger partial charge in [0.2, 0.25) is 0 Å². The van der Waals surface area contributed by atoms with Gasteiger partial charge in [0, 0.05) is 25.7 Å². The quantitative estimate of drug-likeness (QED) is 0.890. The molecule has 1 unspecified atom stereocenters. The Bertz CT molecular complexity index is 505. The molecule has 0 fully saturated rings. The van der Waals surface area contributed by atoms with E-state index in [0.29, 0.717) is 11.6 Å². The van der Waals surface area contributed by atoms with Gasteiger partial charge in [-0.25, -0.2) is 4.98 Å². The van der Waals surface area contributed by atoms with Gasteiger partial charge in [-0.05, 0) is 18.2 Å². The highest BCUT2D eigenvalue weighted by atomic mass is 35.5. The monoisotopic (exact) mass is 239 g/mol. The lowest BCUT2D eigenvalue weighted by Crippen LogP contribution is -2.17. The van der Waals surface area contributed by atoms with Crippen LogP contribution in [-0.2, 0) is 11.8 Å². The van der Waals surface area contributed by atoms with Gasteiger partial charge in [-0.1, -0.05) is 11.6 Å². The van der Waals surface area contributed by atoms with Crippen molar-refractivity contribution in [1.82, 2.24) is 9.55 Å². The van der Waals surface area contributed by atoms with Gasteiger partial charge in [0.05, 0.1) is 11.0 Å². The Kier molecular flexibility index (Phi) is 3.14. The van der Waals surface area contributed by atoms with Crippen molar-refractivity contribution >= 4 is 22.6 Å². The minimum absolute atomic E-state index is 0.184. The Morgan fingerprint density at radius 3 is 2.94 bits per heavy atom. The summed E-state index contributed by atoms with van der Waals surface area (Å²) >= 11 is 5.92. The summed E-state index contributed by atoms with van der Waals surface area (Å²) in [4.78, 5) is 4.49. The fraction of sp³-hybridized carbons (Fsp3) is 0.364. The summed E-state index contributed by atoms with van der Waals surface area (Å²) in [6, 6.07) is 5.63. The molecule has 1 atom stereocenters. The van der Waals surface area contributed by atoms with Crippen molar-refractivity contribution in [1.29, 1.82) is 0 Å². The molecule has 0 aliphatic carbocycles. The third-order valence-corrected chi connectivity index (χ3v) is 2.90. The number of aryl methyl sites for hydroxylation is 1. The zero-order valence-electron chi connectivity index (χ0n) is 9.27. The molecular formula is C11H14ClN3O. The Morgan fingerprint density at radius 2 is 2.31 bits per heavy atom. The molecule has 0 aliphatic heterocycles. The summed E-state index contributed by atoms with van der Waals surface area (Å²) in [6.07, 6.45) is -0.184. The number of halogens is 1. The summed E-state index contributed by atoms with van der Waals surface area (Å²) < 4.78 is 7.26. The van der Waals surface area contributed by atoms with Gasteiger partial charge < -0.3 is 15.0 Å². The van der Waals surface area contributed by atoms with Crippen LogP contribution in [0.5, 0.6) is 0 Å². The van der Waals surface area contributed by atoms with Crippen LogP contribution in [0, 0.1) is 0 Å². The number of nitrogens with zero attached hydrogens (tertiary/aromatic N) is 2. The molecule has 0 saturated heterocycles. The number of ether oxygens (including phenoxy) is 1. The summed E-state index contributed by atoms with van der Waals surface area (Å²) in [6.45, 7) is 0.404. The number of rotatable bonds is 3. The van der Waals surface area contributed by atoms with E-state index in [9.17, 15) is 0 Å². The zero-order valence-corrected chi connectivity index (χ0v) is 10.0. The molecule has 5 heteroatoms. The van der Waals surface area contributed by atoms with E-state index >= 15 is 0 Å². The third kappa shape index (κ3) is 1.80. The van der Waals surface area contributed by atoms with Gasteiger partial charge in [0.25, 0.3) is 0 Å². The van der Waals surface area contributed by atoms with E-state index in [-0.39, 0.29) is 6.10 Å². The van der Waals surface area contributed by atoms with Crippen molar-refractivity contribution in [2.75, 3.05) is 13.7 Å². The maximum atomic E-state index is 5.92. The number of benzene rings is 1. The van der Waals surface area contributed by atoms with Gasteiger partial charge in [-0.15, -0.1) is 0 Å². The van der Waals surface area contributed by atoms with Gasteiger partial charge in [-0.2, -0.15) is 0 Å². The maximum Gasteiger partial charge on any atom is 0.140 e. The Hall–Kier alpha value is -1.10. The fourth-order valence-corrected chi connectivity index (χ4v) is 1.95. The minimum Gasteiger partial charge on any atom is -0.372 e. The number of fused-ring (bicyclic) bond motifs is 1. The van der Waals surface area contributed by atoms with Crippen LogP contribution in [0.1, 0.15) is 11.9 Å². The lowest BCUT2D eigenvalue weighted by molar-refractivity contribution is 0.101. The topological polar surface area (TPSA) is 53.1 Å². The first kappa shape index (κ1) is 11.4. The highest BCUT2D eigenvalue weighted by Gasteiger charge is 2.16. The first-order valence-corrected chi connectivity index (χ1v) is 5.40. The molecule has 2 rings (SSSR count). The molecule has 2 N–H and O–H groups in total. The largest absolute Gasteiger partial charge is 0.372 e. The number of aromatic nitrogens is 2. The van der Waals surface area contributed by atoms with Crippen LogP contribution in [0.2, 0.25) is 5.02 Å². The van der Waals surface area contributed by atoms with E-state index < -0.39 is 0 Å². The van der Waals surface area contributed by atoms with Gasteiger partial charge in [0.1, 0.15) is 11.9 Å². The van der Waals surface area contributed by atoms with Crippen LogP contribution in [-0.4, -0.2) is 23.2 Å². The van der Waals surface area contributed by atoms with Crippen LogP contribution in [0.15, 0.2) is 18.2 Å². The molecule has 0 bridgehead atoms. The molecular weight excluding hydrogens is 226 g/mol. The summed E-state index contributed by atoms with van der Waals surface area (Å²) in [5.74, 6) is 0.822. The van der Waals surface area contributed by atoms with Crippen LogP contribution in [0.3, 0.4) is 0 Å². The highest BCUT2D eigenvalue weighted by molar-refractivity contribution is 6.31. The van der Waals surface area contributed by atoms with Crippen LogP contribution >= 0.6 is 11.6 Å². The van der Waals surface area contributed by atoms with E-state index in [2.05, 4.69) is 4.98 Å². The van der Waals surface area contributed by atoms with Crippen molar-refractivity contribution < 1.29 is 4.74 Å². The predicted molar refractivity (Wildman–Crippen MR) is 64.5 cm³/mol. The van der Waals surface area contributed by atoms with Crippen LogP contribution in [0.25, 0.3) is 11.0 Å². The molecule has 0 amide bonds. The number of hydrogen-bond donors (Lipinski definition) is 1. The summed E-state index contributed by atoms with van der Waals surface area (Å²) in [7, 11) is 3.57. The smallest absolute Gasteiger partial charge is 0.140 e. The Balaban J connectivity index is 2.59. The second-order valence-corrected chi connectivity index (χ2v) is 4.06. The first-order valence-electron chi connectivity index (χ1n) is 5.02. The first-order chi connectivity index (χ1) is 7.67. The number of imidazole rings is 1. The lowest BCUT2D eigenvalue weighted by Gasteiger charge is -2.12. The molecule has 2 aromatic rings. The van der Waals surface area contributed by atoms with Crippen molar-refractivity contribution in [3.05, 3.63) is 29.0 Å². The Morgan fingerprint density at radius 1 is 1.56 bits per heavy atom. The van der Waals surface area contributed by atoms with Crippen molar-refractivity contribution in [3.8, 4) is 0 Å². The SMILES string of the molecule is COC(CN)c1nc2cc(Cl)ccc2n1C. The third-order valence-electron chi connectivity index (χ3n) is 2.66. The highest BCUT2D eigenvalue weighted by Crippen LogP contribution is 2.23. The van der Waals surface area contributed by atoms with Gasteiger partial charge in [0.15, 0.2) is 0 Å². The van der Waals surface area contributed by atoms with Gasteiger partial charge in [-0.3, -0.25) is 0 Å². The fourth-order valence-electron chi connectivity index (χ4n) is 1.79. The van der Waals surface area contributed by atoms with Crippen molar-refractivity contribution in [3.63, 3.8) is 0 Å². The van der Waals surface area contributed by atoms with Crippen LogP contribution in [0.4, 0.5) is 0 Å². The molecule has 86 valence electrons. The second-order valence-electron chi connectivity index (χ2n) is 3.62. The molecule has 1 aromatic carbocycles. The second kappa shape index (κ2) is 4.41. The molecule has 0 aliphatic rings. The summed E-state index contributed by atoms with van der Waals surface area (Å²) in [5.41, 5.74) is 7.52. The molecule has 4 nitrogen and oxygen atoms in total. The minimum atomic E-state index is -0.184. The Labute approximate surface area is 99.0 Å². The number of nitrogens with two attached hydrogens (primary N) is 1. The zero-order chi connectivity index (χ0) is 11.7. The normalized spacial score (nSPS) is 13.2. The van der Waals surface area contributed by atoms with Crippen LogP contribution < -0.4 is 5.73 Å². The van der Waals surface area contributed by atoms with Gasteiger partial charge >= 0.3 is 0 Å². The molecule has 0 saturated carbocycles. The molecule has 0 radical (unpaired) electrons. The maximum absolute atomic E-state index is 5.92. The molecule has 1 heterocycles. The summed E-state index contributed by atoms with van der Waals surface area (Å²) in [5, 5.41) is 0.680. The average Bonchev–Trinajstić information content (AvgIpc) is 2.58. The average molecular weight is 240 g/mol. The van der Waals surface area contributed by atoms with E-state index in [4.69, 9.17) is 22.1 Å². The molecule has 0 spiro atoms. The molecule has 1 aromatic heterocycles. The van der Waals surface area contributed by atoms with E-state index in [1.165, 1.54) is 0 Å². The van der Waals surface area contributed by atoms with Crippen molar-refractivity contribution in [2.24, 2.45) is 12.8 Å². The standard InChI is InChI=1S/C11H14ClN3O/c1-15-9-4-3-7(12)5-8(9)14-11(15)10(6-13)16-2/h3-5,10H,6,13H2,1-2H3. The van der Waals surface area contributed by atoms with E-state index in [0.717, 1.165) is 16.9 Å². The van der Waals surface area contributed by atoms with Crippen molar-refractivity contribution in [2.45, 2.75) is 6.10 Å². The number of methoxy groups -OCH3 is 1. The van der Waals surface area contributed by atoms with E-state index in [1.807, 2.05) is 29.8 Å². The predicted octanol–water partition coefficient (Wildman–Crippen LogP) is 1.87. The number of hydrogen-bond acceptors (Lipinski definition) is 3. The van der Waals surface area contributed by atoms with E-state index in [1.54, 1.807) is 7.11 Å². The lowest BCUT2D eigenvalue weighted by atomic mass is 10.3.